The predicted molar refractivity (Wildman–Crippen MR) is 50.8 cm³/mol. The van der Waals surface area contributed by atoms with Gasteiger partial charge in [0.05, 0.1) is 6.20 Å². The summed E-state index contributed by atoms with van der Waals surface area (Å²) in [5.74, 6) is -0.0961. The molecule has 0 spiro atoms. The molecule has 0 unspecified atom stereocenters. The molecule has 0 N–H and O–H groups in total. The first-order chi connectivity index (χ1) is 6.83. The van der Waals surface area contributed by atoms with E-state index in [1.807, 2.05) is 0 Å². The van der Waals surface area contributed by atoms with Crippen molar-refractivity contribution in [2.75, 3.05) is 0 Å². The van der Waals surface area contributed by atoms with Gasteiger partial charge in [-0.1, -0.05) is 6.08 Å². The number of allylic oxidation sites excluding steroid dienone is 1. The number of rotatable bonds is 2. The average Bonchev–Trinajstić information content (AvgIpc) is 2.61. The molecule has 5 heteroatoms. The van der Waals surface area contributed by atoms with Gasteiger partial charge in [-0.25, -0.2) is 15.0 Å². The molecule has 0 saturated heterocycles. The van der Waals surface area contributed by atoms with Crippen molar-refractivity contribution < 1.29 is 4.79 Å². The lowest BCUT2D eigenvalue weighted by atomic mass is 10.4. The Kier molecular flexibility index (Phi) is 2.06. The van der Waals surface area contributed by atoms with Crippen molar-refractivity contribution in [2.45, 2.75) is 6.42 Å². The highest BCUT2D eigenvalue weighted by Crippen LogP contribution is 2.07. The standard InChI is InChI=1S/C9H8N4O/c1-2-3-8(14)13-6-12-7-4-10-5-11-9(7)13/h2,4-6H,1,3H2. The second kappa shape index (κ2) is 3.37. The zero-order chi connectivity index (χ0) is 9.97. The Morgan fingerprint density at radius 3 is 3.21 bits per heavy atom. The van der Waals surface area contributed by atoms with E-state index in [0.717, 1.165) is 0 Å². The second-order valence-corrected chi connectivity index (χ2v) is 2.73. The minimum Gasteiger partial charge on any atom is -0.274 e. The molecule has 14 heavy (non-hydrogen) atoms. The molecule has 0 aromatic carbocycles. The van der Waals surface area contributed by atoms with Crippen LogP contribution in [0.15, 0.2) is 31.5 Å². The molecule has 2 aromatic rings. The number of hydrogen-bond donors (Lipinski definition) is 0. The quantitative estimate of drug-likeness (QED) is 0.661. The number of hydrogen-bond acceptors (Lipinski definition) is 4. The van der Waals surface area contributed by atoms with Gasteiger partial charge in [-0.3, -0.25) is 9.36 Å². The summed E-state index contributed by atoms with van der Waals surface area (Å²) in [7, 11) is 0. The summed E-state index contributed by atoms with van der Waals surface area (Å²) < 4.78 is 1.40. The SMILES string of the molecule is C=CCC(=O)n1cnc2cncnc21. The number of carbonyl (C=O) groups is 1. The summed E-state index contributed by atoms with van der Waals surface area (Å²) in [6.07, 6.45) is 6.23. The van der Waals surface area contributed by atoms with Gasteiger partial charge >= 0.3 is 0 Å². The van der Waals surface area contributed by atoms with Crippen LogP contribution in [0.3, 0.4) is 0 Å². The fraction of sp³-hybridized carbons (Fsp3) is 0.111. The lowest BCUT2D eigenvalue weighted by Crippen LogP contribution is -2.08. The van der Waals surface area contributed by atoms with Crippen molar-refractivity contribution in [3.8, 4) is 0 Å². The fourth-order valence-electron chi connectivity index (χ4n) is 1.17. The van der Waals surface area contributed by atoms with Gasteiger partial charge in [-0.15, -0.1) is 6.58 Å². The van der Waals surface area contributed by atoms with E-state index in [1.165, 1.54) is 17.2 Å². The highest BCUT2D eigenvalue weighted by atomic mass is 16.2. The third-order valence-electron chi connectivity index (χ3n) is 1.80. The largest absolute Gasteiger partial charge is 0.274 e. The van der Waals surface area contributed by atoms with E-state index < -0.39 is 0 Å². The lowest BCUT2D eigenvalue weighted by molar-refractivity contribution is 0.0921. The second-order valence-electron chi connectivity index (χ2n) is 2.73. The van der Waals surface area contributed by atoms with Crippen LogP contribution in [-0.2, 0) is 0 Å². The molecule has 0 radical (unpaired) electrons. The predicted octanol–water partition coefficient (Wildman–Crippen LogP) is 1.04. The van der Waals surface area contributed by atoms with E-state index in [9.17, 15) is 4.79 Å². The van der Waals surface area contributed by atoms with E-state index in [2.05, 4.69) is 21.5 Å². The van der Waals surface area contributed by atoms with Crippen LogP contribution in [0.5, 0.6) is 0 Å². The van der Waals surface area contributed by atoms with E-state index in [0.29, 0.717) is 11.2 Å². The first-order valence-corrected chi connectivity index (χ1v) is 4.10. The van der Waals surface area contributed by atoms with Crippen LogP contribution < -0.4 is 0 Å². The lowest BCUT2D eigenvalue weighted by Gasteiger charge is -1.97. The van der Waals surface area contributed by atoms with Crippen molar-refractivity contribution in [2.24, 2.45) is 0 Å². The highest BCUT2D eigenvalue weighted by Gasteiger charge is 2.08. The van der Waals surface area contributed by atoms with Crippen LogP contribution in [-0.4, -0.2) is 25.4 Å². The maximum absolute atomic E-state index is 11.5. The number of imidazole rings is 1. The van der Waals surface area contributed by atoms with Gasteiger partial charge in [0.25, 0.3) is 0 Å². The smallest absolute Gasteiger partial charge is 0.237 e. The van der Waals surface area contributed by atoms with Crippen LogP contribution >= 0.6 is 0 Å². The molecule has 0 amide bonds. The minimum atomic E-state index is -0.0961. The van der Waals surface area contributed by atoms with Gasteiger partial charge in [0.15, 0.2) is 5.65 Å². The summed E-state index contributed by atoms with van der Waals surface area (Å²) >= 11 is 0. The summed E-state index contributed by atoms with van der Waals surface area (Å²) in [4.78, 5) is 23.3. The summed E-state index contributed by atoms with van der Waals surface area (Å²) in [6.45, 7) is 3.50. The number of aromatic nitrogens is 4. The molecule has 2 rings (SSSR count). The van der Waals surface area contributed by atoms with Gasteiger partial charge in [0.1, 0.15) is 18.2 Å². The fourth-order valence-corrected chi connectivity index (χ4v) is 1.17. The van der Waals surface area contributed by atoms with Gasteiger partial charge < -0.3 is 0 Å². The van der Waals surface area contributed by atoms with Crippen LogP contribution in [0, 0.1) is 0 Å². The van der Waals surface area contributed by atoms with Gasteiger partial charge in [-0.05, 0) is 0 Å². The van der Waals surface area contributed by atoms with Gasteiger partial charge in [0.2, 0.25) is 5.91 Å². The Bertz CT molecular complexity index is 488. The molecular formula is C9H8N4O. The number of nitrogens with zero attached hydrogens (tertiary/aromatic N) is 4. The van der Waals surface area contributed by atoms with E-state index >= 15 is 0 Å². The average molecular weight is 188 g/mol. The van der Waals surface area contributed by atoms with E-state index in [4.69, 9.17) is 0 Å². The Balaban J connectivity index is 2.52. The zero-order valence-electron chi connectivity index (χ0n) is 7.42. The summed E-state index contributed by atoms with van der Waals surface area (Å²) in [5, 5.41) is 0. The monoisotopic (exact) mass is 188 g/mol. The molecule has 2 heterocycles. The molecule has 0 aliphatic carbocycles. The third-order valence-corrected chi connectivity index (χ3v) is 1.80. The van der Waals surface area contributed by atoms with E-state index in [1.54, 1.807) is 12.3 Å². The van der Waals surface area contributed by atoms with Crippen molar-refractivity contribution in [1.29, 1.82) is 0 Å². The first-order valence-electron chi connectivity index (χ1n) is 4.10. The van der Waals surface area contributed by atoms with Gasteiger partial charge in [-0.2, -0.15) is 0 Å². The molecule has 2 aromatic heterocycles. The molecular weight excluding hydrogens is 180 g/mol. The number of fused-ring (bicyclic) bond motifs is 1. The molecule has 0 bridgehead atoms. The Labute approximate surface area is 80.1 Å². The van der Waals surface area contributed by atoms with Crippen molar-refractivity contribution >= 4 is 17.1 Å². The molecule has 5 nitrogen and oxygen atoms in total. The molecule has 0 aliphatic heterocycles. The normalized spacial score (nSPS) is 10.3. The first kappa shape index (κ1) is 8.55. The Morgan fingerprint density at radius 2 is 2.43 bits per heavy atom. The summed E-state index contributed by atoms with van der Waals surface area (Å²) in [6, 6.07) is 0. The Morgan fingerprint density at radius 1 is 1.57 bits per heavy atom. The topological polar surface area (TPSA) is 60.7 Å². The molecule has 0 aliphatic rings. The van der Waals surface area contributed by atoms with Crippen LogP contribution in [0.2, 0.25) is 0 Å². The van der Waals surface area contributed by atoms with Crippen molar-refractivity contribution in [3.63, 3.8) is 0 Å². The van der Waals surface area contributed by atoms with E-state index in [-0.39, 0.29) is 12.3 Å². The van der Waals surface area contributed by atoms with Gasteiger partial charge in [0, 0.05) is 6.42 Å². The highest BCUT2D eigenvalue weighted by molar-refractivity contribution is 5.88. The van der Waals surface area contributed by atoms with Crippen LogP contribution in [0.25, 0.3) is 11.2 Å². The summed E-state index contributed by atoms with van der Waals surface area (Å²) in [5.41, 5.74) is 1.15. The molecule has 0 saturated carbocycles. The third kappa shape index (κ3) is 1.28. The molecule has 70 valence electrons. The molecule has 0 fully saturated rings. The maximum atomic E-state index is 11.5. The minimum absolute atomic E-state index is 0.0961. The van der Waals surface area contributed by atoms with Crippen molar-refractivity contribution in [1.82, 2.24) is 19.5 Å². The maximum Gasteiger partial charge on any atom is 0.237 e. The number of carbonyl (C=O) groups excluding carboxylic acids is 1. The van der Waals surface area contributed by atoms with Crippen LogP contribution in [0.4, 0.5) is 0 Å². The molecule has 0 atom stereocenters. The Hall–Kier alpha value is -2.04. The van der Waals surface area contributed by atoms with Crippen LogP contribution in [0.1, 0.15) is 11.2 Å². The zero-order valence-corrected chi connectivity index (χ0v) is 7.42. The van der Waals surface area contributed by atoms with Crippen molar-refractivity contribution in [3.05, 3.63) is 31.5 Å².